The summed E-state index contributed by atoms with van der Waals surface area (Å²) in [7, 11) is 0. The number of hydrogen-bond acceptors (Lipinski definition) is 4. The maximum Gasteiger partial charge on any atom is 0.187 e. The van der Waals surface area contributed by atoms with Crippen LogP contribution in [0.1, 0.15) is 42.2 Å². The molecule has 0 spiro atoms. The number of halogens is 1. The van der Waals surface area contributed by atoms with Gasteiger partial charge in [-0.15, -0.1) is 0 Å². The highest BCUT2D eigenvalue weighted by molar-refractivity contribution is 5.96. The zero-order valence-corrected chi connectivity index (χ0v) is 13.2. The van der Waals surface area contributed by atoms with Crippen molar-refractivity contribution in [3.63, 3.8) is 0 Å². The van der Waals surface area contributed by atoms with Crippen molar-refractivity contribution < 1.29 is 9.18 Å². The van der Waals surface area contributed by atoms with Gasteiger partial charge in [-0.25, -0.2) is 14.4 Å². The standard InChI is InChI=1S/C18H20FN3O/c1-2-15-17(19)18(21-12-20-15)22-10-6-9-14(22)11-16(23)13-7-4-3-5-8-13/h3-5,7-8,12,14H,2,6,9-11H2,1H3. The minimum atomic E-state index is -0.353. The smallest absolute Gasteiger partial charge is 0.187 e. The van der Waals surface area contributed by atoms with Crippen molar-refractivity contribution in [2.75, 3.05) is 11.4 Å². The normalized spacial score (nSPS) is 17.5. The molecule has 2 heterocycles. The minimum Gasteiger partial charge on any atom is -0.351 e. The summed E-state index contributed by atoms with van der Waals surface area (Å²) in [5.41, 5.74) is 1.13. The van der Waals surface area contributed by atoms with Gasteiger partial charge in [0.25, 0.3) is 0 Å². The number of nitrogens with zero attached hydrogens (tertiary/aromatic N) is 3. The van der Waals surface area contributed by atoms with E-state index in [-0.39, 0.29) is 17.6 Å². The van der Waals surface area contributed by atoms with Crippen LogP contribution in [0.3, 0.4) is 0 Å². The molecule has 120 valence electrons. The molecule has 1 fully saturated rings. The Balaban J connectivity index is 1.80. The van der Waals surface area contributed by atoms with E-state index in [2.05, 4.69) is 9.97 Å². The third-order valence-corrected chi connectivity index (χ3v) is 4.34. The largest absolute Gasteiger partial charge is 0.351 e. The summed E-state index contributed by atoms with van der Waals surface area (Å²) in [5.74, 6) is 0.0713. The molecule has 1 aliphatic heterocycles. The monoisotopic (exact) mass is 313 g/mol. The molecule has 1 saturated heterocycles. The van der Waals surface area contributed by atoms with Crippen LogP contribution in [-0.2, 0) is 6.42 Å². The van der Waals surface area contributed by atoms with Gasteiger partial charge in [-0.2, -0.15) is 0 Å². The first-order chi connectivity index (χ1) is 11.2. The Hall–Kier alpha value is -2.30. The van der Waals surface area contributed by atoms with E-state index in [0.717, 1.165) is 19.4 Å². The molecule has 1 aliphatic rings. The molecular weight excluding hydrogens is 293 g/mol. The Morgan fingerprint density at radius 1 is 1.30 bits per heavy atom. The molecule has 0 amide bonds. The second-order valence-electron chi connectivity index (χ2n) is 5.79. The molecular formula is C18H20FN3O. The molecule has 2 aromatic rings. The van der Waals surface area contributed by atoms with E-state index >= 15 is 0 Å². The van der Waals surface area contributed by atoms with Crippen molar-refractivity contribution in [2.24, 2.45) is 0 Å². The second kappa shape index (κ2) is 6.86. The number of rotatable bonds is 5. The van der Waals surface area contributed by atoms with Crippen LogP contribution in [0.2, 0.25) is 0 Å². The lowest BCUT2D eigenvalue weighted by Crippen LogP contribution is -2.33. The molecule has 4 nitrogen and oxygen atoms in total. The van der Waals surface area contributed by atoms with E-state index in [9.17, 15) is 9.18 Å². The molecule has 3 rings (SSSR count). The Morgan fingerprint density at radius 2 is 2.09 bits per heavy atom. The van der Waals surface area contributed by atoms with Crippen LogP contribution >= 0.6 is 0 Å². The predicted molar refractivity (Wildman–Crippen MR) is 87.1 cm³/mol. The van der Waals surface area contributed by atoms with Gasteiger partial charge in [-0.1, -0.05) is 37.3 Å². The summed E-state index contributed by atoms with van der Waals surface area (Å²) < 4.78 is 14.5. The zero-order valence-electron chi connectivity index (χ0n) is 13.2. The van der Waals surface area contributed by atoms with Gasteiger partial charge in [0.2, 0.25) is 0 Å². The van der Waals surface area contributed by atoms with Crippen molar-refractivity contribution in [3.05, 3.63) is 53.7 Å². The van der Waals surface area contributed by atoms with E-state index in [1.165, 1.54) is 6.33 Å². The number of Topliss-reactive ketones (excluding diaryl/α,β-unsaturated/α-hetero) is 1. The van der Waals surface area contributed by atoms with Crippen molar-refractivity contribution in [1.82, 2.24) is 9.97 Å². The summed E-state index contributed by atoms with van der Waals surface area (Å²) >= 11 is 0. The van der Waals surface area contributed by atoms with Gasteiger partial charge in [0.05, 0.1) is 5.69 Å². The van der Waals surface area contributed by atoms with E-state index in [1.807, 2.05) is 42.2 Å². The fourth-order valence-corrected chi connectivity index (χ4v) is 3.13. The van der Waals surface area contributed by atoms with Crippen LogP contribution in [-0.4, -0.2) is 28.3 Å². The molecule has 1 unspecified atom stereocenters. The van der Waals surface area contributed by atoms with Crippen LogP contribution in [0.25, 0.3) is 0 Å². The fraction of sp³-hybridized carbons (Fsp3) is 0.389. The van der Waals surface area contributed by atoms with Crippen LogP contribution in [0.15, 0.2) is 36.7 Å². The van der Waals surface area contributed by atoms with E-state index < -0.39 is 0 Å². The van der Waals surface area contributed by atoms with E-state index in [1.54, 1.807) is 0 Å². The summed E-state index contributed by atoms with van der Waals surface area (Å²) in [6, 6.07) is 9.25. The Labute approximate surface area is 135 Å². The molecule has 23 heavy (non-hydrogen) atoms. The lowest BCUT2D eigenvalue weighted by atomic mass is 10.0. The van der Waals surface area contributed by atoms with Crippen LogP contribution in [0, 0.1) is 5.82 Å². The number of hydrogen-bond donors (Lipinski definition) is 0. The first-order valence-corrected chi connectivity index (χ1v) is 8.05. The number of benzene rings is 1. The first kappa shape index (κ1) is 15.6. The van der Waals surface area contributed by atoms with Crippen molar-refractivity contribution in [2.45, 2.75) is 38.6 Å². The lowest BCUT2D eigenvalue weighted by Gasteiger charge is -2.26. The third kappa shape index (κ3) is 3.23. The van der Waals surface area contributed by atoms with Crippen molar-refractivity contribution >= 4 is 11.6 Å². The van der Waals surface area contributed by atoms with Crippen molar-refractivity contribution in [1.29, 1.82) is 0 Å². The van der Waals surface area contributed by atoms with Gasteiger partial charge in [0, 0.05) is 24.6 Å². The Kier molecular flexibility index (Phi) is 4.65. The third-order valence-electron chi connectivity index (χ3n) is 4.34. The highest BCUT2D eigenvalue weighted by Gasteiger charge is 2.30. The maximum absolute atomic E-state index is 14.5. The summed E-state index contributed by atoms with van der Waals surface area (Å²) in [6.07, 6.45) is 4.14. The van der Waals surface area contributed by atoms with Crippen LogP contribution < -0.4 is 4.90 Å². The second-order valence-corrected chi connectivity index (χ2v) is 5.79. The number of aryl methyl sites for hydroxylation is 1. The number of aromatic nitrogens is 2. The number of carbonyl (C=O) groups excluding carboxylic acids is 1. The molecule has 1 aromatic carbocycles. The molecule has 0 aliphatic carbocycles. The summed E-state index contributed by atoms with van der Waals surface area (Å²) in [5, 5.41) is 0. The molecule has 1 atom stereocenters. The summed E-state index contributed by atoms with van der Waals surface area (Å²) in [4.78, 5) is 22.5. The van der Waals surface area contributed by atoms with Crippen LogP contribution in [0.4, 0.5) is 10.2 Å². The van der Waals surface area contributed by atoms with E-state index in [0.29, 0.717) is 29.9 Å². The maximum atomic E-state index is 14.5. The van der Waals surface area contributed by atoms with Gasteiger partial charge in [-0.3, -0.25) is 4.79 Å². The Morgan fingerprint density at radius 3 is 2.83 bits per heavy atom. The highest BCUT2D eigenvalue weighted by Crippen LogP contribution is 2.29. The van der Waals surface area contributed by atoms with Gasteiger partial charge in [0.1, 0.15) is 6.33 Å². The molecule has 0 radical (unpaired) electrons. The molecule has 0 bridgehead atoms. The Bertz CT molecular complexity index is 690. The van der Waals surface area contributed by atoms with E-state index in [4.69, 9.17) is 0 Å². The quantitative estimate of drug-likeness (QED) is 0.794. The predicted octanol–water partition coefficient (Wildman–Crippen LogP) is 3.42. The van der Waals surface area contributed by atoms with Crippen LogP contribution in [0.5, 0.6) is 0 Å². The van der Waals surface area contributed by atoms with Gasteiger partial charge in [0.15, 0.2) is 17.4 Å². The first-order valence-electron chi connectivity index (χ1n) is 8.05. The fourth-order valence-electron chi connectivity index (χ4n) is 3.13. The molecule has 0 saturated carbocycles. The topological polar surface area (TPSA) is 46.1 Å². The average Bonchev–Trinajstić information content (AvgIpc) is 3.03. The number of anilines is 1. The van der Waals surface area contributed by atoms with Gasteiger partial charge in [-0.05, 0) is 19.3 Å². The van der Waals surface area contributed by atoms with Gasteiger partial charge < -0.3 is 4.90 Å². The lowest BCUT2D eigenvalue weighted by molar-refractivity contribution is 0.0974. The number of carbonyl (C=O) groups is 1. The zero-order chi connectivity index (χ0) is 16.2. The molecule has 1 aromatic heterocycles. The van der Waals surface area contributed by atoms with Crippen molar-refractivity contribution in [3.8, 4) is 0 Å². The average molecular weight is 313 g/mol. The minimum absolute atomic E-state index is 0.00295. The summed E-state index contributed by atoms with van der Waals surface area (Å²) in [6.45, 7) is 2.60. The molecule has 5 heteroatoms. The number of ketones is 1. The SMILES string of the molecule is CCc1ncnc(N2CCCC2CC(=O)c2ccccc2)c1F. The van der Waals surface area contributed by atoms with Gasteiger partial charge >= 0.3 is 0 Å². The molecule has 0 N–H and O–H groups in total. The highest BCUT2D eigenvalue weighted by atomic mass is 19.1.